The summed E-state index contributed by atoms with van der Waals surface area (Å²) < 4.78 is 7.44. The van der Waals surface area contributed by atoms with Crippen molar-refractivity contribution in [1.82, 2.24) is 19.7 Å². The first-order chi connectivity index (χ1) is 17.2. The zero-order chi connectivity index (χ0) is 24.2. The highest BCUT2D eigenvalue weighted by Gasteiger charge is 2.15. The van der Waals surface area contributed by atoms with Gasteiger partial charge in [0, 0.05) is 17.3 Å². The third-order valence-electron chi connectivity index (χ3n) is 5.47. The molecule has 0 fully saturated rings. The lowest BCUT2D eigenvalue weighted by Gasteiger charge is -2.06. The van der Waals surface area contributed by atoms with Gasteiger partial charge in [-0.3, -0.25) is 4.79 Å². The van der Waals surface area contributed by atoms with Crippen molar-refractivity contribution < 1.29 is 4.74 Å². The summed E-state index contributed by atoms with van der Waals surface area (Å²) in [7, 11) is 0. The molecule has 0 aliphatic heterocycles. The molecule has 170 valence electrons. The second-order valence-electron chi connectivity index (χ2n) is 7.78. The highest BCUT2D eigenvalue weighted by atomic mass is 16.5. The Bertz CT molecular complexity index is 1640. The van der Waals surface area contributed by atoms with E-state index in [0.29, 0.717) is 28.8 Å². The quantitative estimate of drug-likeness (QED) is 0.350. The third kappa shape index (κ3) is 4.45. The van der Waals surface area contributed by atoms with Gasteiger partial charge in [0.1, 0.15) is 17.5 Å². The molecule has 0 unspecified atom stereocenters. The predicted octanol–water partition coefficient (Wildman–Crippen LogP) is 5.24. The minimum Gasteiger partial charge on any atom is -0.494 e. The summed E-state index contributed by atoms with van der Waals surface area (Å²) in [6.45, 7) is 2.48. The Balaban J connectivity index is 1.68. The smallest absolute Gasteiger partial charge is 0.259 e. The maximum Gasteiger partial charge on any atom is 0.259 e. The maximum absolute atomic E-state index is 12.6. The second-order valence-corrected chi connectivity index (χ2v) is 7.78. The molecule has 0 atom stereocenters. The Morgan fingerprint density at radius 1 is 1.09 bits per heavy atom. The Morgan fingerprint density at radius 3 is 2.69 bits per heavy atom. The SMILES string of the molecule is CCOc1cccc(-c2nn(-c3ccccc3)cc2C=C(C#N)c2nc3ccccc3c(=O)[nH]2)c1. The fraction of sp³-hybridized carbons (Fsp3) is 0.0714. The number of fused-ring (bicyclic) bond motifs is 1. The molecule has 2 heterocycles. The summed E-state index contributed by atoms with van der Waals surface area (Å²) >= 11 is 0. The third-order valence-corrected chi connectivity index (χ3v) is 5.47. The number of aromatic amines is 1. The van der Waals surface area contributed by atoms with Crippen molar-refractivity contribution in [2.75, 3.05) is 6.61 Å². The van der Waals surface area contributed by atoms with Crippen LogP contribution in [0.3, 0.4) is 0 Å². The molecule has 1 N–H and O–H groups in total. The summed E-state index contributed by atoms with van der Waals surface area (Å²) in [5.41, 5.74) is 3.55. The number of hydrogen-bond donors (Lipinski definition) is 1. The summed E-state index contributed by atoms with van der Waals surface area (Å²) in [6, 6.07) is 26.6. The Labute approximate surface area is 201 Å². The number of ether oxygens (including phenoxy) is 1. The molecule has 0 aliphatic rings. The number of H-pyrrole nitrogens is 1. The molecule has 0 spiro atoms. The minimum atomic E-state index is -0.295. The van der Waals surface area contributed by atoms with Gasteiger partial charge < -0.3 is 9.72 Å². The number of nitrogens with zero attached hydrogens (tertiary/aromatic N) is 4. The van der Waals surface area contributed by atoms with E-state index in [1.165, 1.54) is 0 Å². The first-order valence-electron chi connectivity index (χ1n) is 11.2. The number of allylic oxidation sites excluding steroid dienone is 1. The number of hydrogen-bond acceptors (Lipinski definition) is 5. The highest BCUT2D eigenvalue weighted by Crippen LogP contribution is 2.29. The lowest BCUT2D eigenvalue weighted by molar-refractivity contribution is 0.340. The zero-order valence-corrected chi connectivity index (χ0v) is 19.0. The summed E-state index contributed by atoms with van der Waals surface area (Å²) in [5, 5.41) is 15.3. The van der Waals surface area contributed by atoms with Gasteiger partial charge in [-0.05, 0) is 49.4 Å². The maximum atomic E-state index is 12.6. The molecule has 5 aromatic rings. The lowest BCUT2D eigenvalue weighted by Crippen LogP contribution is -2.11. The molecule has 3 aromatic carbocycles. The van der Waals surface area contributed by atoms with Crippen molar-refractivity contribution >= 4 is 22.6 Å². The topological polar surface area (TPSA) is 96.6 Å². The van der Waals surface area contributed by atoms with Crippen LogP contribution in [0.25, 0.3) is 39.5 Å². The fourth-order valence-electron chi connectivity index (χ4n) is 3.85. The van der Waals surface area contributed by atoms with Crippen LogP contribution in [0.4, 0.5) is 0 Å². The molecular weight excluding hydrogens is 438 g/mol. The van der Waals surface area contributed by atoms with Crippen molar-refractivity contribution in [3.63, 3.8) is 0 Å². The Morgan fingerprint density at radius 2 is 1.89 bits per heavy atom. The van der Waals surface area contributed by atoms with Gasteiger partial charge in [0.05, 0.1) is 28.8 Å². The zero-order valence-electron chi connectivity index (χ0n) is 19.0. The summed E-state index contributed by atoms with van der Waals surface area (Å²) in [5.74, 6) is 0.938. The van der Waals surface area contributed by atoms with Crippen LogP contribution in [0.15, 0.2) is 89.9 Å². The average Bonchev–Trinajstić information content (AvgIpc) is 3.32. The largest absolute Gasteiger partial charge is 0.494 e. The van der Waals surface area contributed by atoms with Crippen LogP contribution in [-0.2, 0) is 0 Å². The van der Waals surface area contributed by atoms with Crippen molar-refractivity contribution in [2.24, 2.45) is 0 Å². The summed E-state index contributed by atoms with van der Waals surface area (Å²) in [6.07, 6.45) is 3.55. The van der Waals surface area contributed by atoms with Crippen LogP contribution in [0, 0.1) is 11.3 Å². The van der Waals surface area contributed by atoms with E-state index in [1.54, 1.807) is 29.0 Å². The monoisotopic (exact) mass is 459 g/mol. The standard InChI is InChI=1S/C28H21N5O2/c1-2-35-23-12-8-9-19(16-23)26-21(18-33(32-26)22-10-4-3-5-11-22)15-20(17-29)27-30-25-14-7-6-13-24(25)28(34)31-27/h3-16,18H,2H2,1H3,(H,30,31,34). The Hall–Kier alpha value is -4.96. The molecular formula is C28H21N5O2. The van der Waals surface area contributed by atoms with Crippen molar-refractivity contribution in [1.29, 1.82) is 5.26 Å². The molecule has 5 rings (SSSR count). The highest BCUT2D eigenvalue weighted by molar-refractivity contribution is 5.91. The van der Waals surface area contributed by atoms with Crippen LogP contribution in [0.1, 0.15) is 18.3 Å². The van der Waals surface area contributed by atoms with E-state index in [4.69, 9.17) is 9.84 Å². The van der Waals surface area contributed by atoms with E-state index in [1.807, 2.05) is 73.8 Å². The van der Waals surface area contributed by atoms with E-state index in [-0.39, 0.29) is 17.0 Å². The van der Waals surface area contributed by atoms with E-state index in [2.05, 4.69) is 16.0 Å². The van der Waals surface area contributed by atoms with Crippen molar-refractivity contribution in [2.45, 2.75) is 6.92 Å². The lowest BCUT2D eigenvalue weighted by atomic mass is 10.1. The fourth-order valence-corrected chi connectivity index (χ4v) is 3.85. The first-order valence-corrected chi connectivity index (χ1v) is 11.2. The van der Waals surface area contributed by atoms with Crippen LogP contribution in [0.5, 0.6) is 5.75 Å². The molecule has 0 bridgehead atoms. The molecule has 35 heavy (non-hydrogen) atoms. The van der Waals surface area contributed by atoms with Crippen LogP contribution < -0.4 is 10.3 Å². The molecule has 7 heteroatoms. The van der Waals surface area contributed by atoms with Gasteiger partial charge in [0.25, 0.3) is 5.56 Å². The van der Waals surface area contributed by atoms with Crippen LogP contribution in [-0.4, -0.2) is 26.4 Å². The van der Waals surface area contributed by atoms with E-state index in [0.717, 1.165) is 17.0 Å². The normalized spacial score (nSPS) is 11.4. The van der Waals surface area contributed by atoms with Crippen LogP contribution in [0.2, 0.25) is 0 Å². The number of nitriles is 1. The number of benzene rings is 3. The van der Waals surface area contributed by atoms with E-state index in [9.17, 15) is 10.1 Å². The predicted molar refractivity (Wildman–Crippen MR) is 136 cm³/mol. The molecule has 0 aliphatic carbocycles. The molecule has 0 radical (unpaired) electrons. The number of nitrogens with one attached hydrogen (secondary N) is 1. The minimum absolute atomic E-state index is 0.206. The molecule has 0 saturated heterocycles. The van der Waals surface area contributed by atoms with Gasteiger partial charge in [-0.25, -0.2) is 9.67 Å². The number of aromatic nitrogens is 4. The summed E-state index contributed by atoms with van der Waals surface area (Å²) in [4.78, 5) is 19.8. The number of rotatable bonds is 6. The molecule has 2 aromatic heterocycles. The molecule has 7 nitrogen and oxygen atoms in total. The molecule has 0 saturated carbocycles. The van der Waals surface area contributed by atoms with Crippen molar-refractivity contribution in [3.05, 3.63) is 107 Å². The van der Waals surface area contributed by atoms with Gasteiger partial charge in [-0.15, -0.1) is 0 Å². The van der Waals surface area contributed by atoms with E-state index < -0.39 is 0 Å². The van der Waals surface area contributed by atoms with Gasteiger partial charge >= 0.3 is 0 Å². The van der Waals surface area contributed by atoms with Gasteiger partial charge in [0.15, 0.2) is 5.82 Å². The van der Waals surface area contributed by atoms with E-state index >= 15 is 0 Å². The van der Waals surface area contributed by atoms with Crippen LogP contribution >= 0.6 is 0 Å². The van der Waals surface area contributed by atoms with Gasteiger partial charge in [-0.2, -0.15) is 10.4 Å². The van der Waals surface area contributed by atoms with Gasteiger partial charge in [-0.1, -0.05) is 42.5 Å². The number of para-hydroxylation sites is 2. The molecule has 0 amide bonds. The van der Waals surface area contributed by atoms with Gasteiger partial charge in [0.2, 0.25) is 0 Å². The Kier molecular flexibility index (Phi) is 5.93. The second kappa shape index (κ2) is 9.49. The average molecular weight is 460 g/mol. The van der Waals surface area contributed by atoms with Crippen molar-refractivity contribution in [3.8, 4) is 28.8 Å². The first kappa shape index (κ1) is 21.9.